The van der Waals surface area contributed by atoms with Crippen molar-refractivity contribution in [2.24, 2.45) is 0 Å². The molecule has 0 bridgehead atoms. The van der Waals surface area contributed by atoms with Crippen molar-refractivity contribution in [2.75, 3.05) is 26.4 Å². The molecule has 0 unspecified atom stereocenters. The minimum Gasteiger partial charge on any atom is -0.504 e. The summed E-state index contributed by atoms with van der Waals surface area (Å²) in [6, 6.07) is 4.88. The first kappa shape index (κ1) is 15.7. The summed E-state index contributed by atoms with van der Waals surface area (Å²) in [5.74, 6) is 0.438. The molecule has 0 aliphatic heterocycles. The van der Waals surface area contributed by atoms with E-state index in [1.165, 1.54) is 6.07 Å². The van der Waals surface area contributed by atoms with Gasteiger partial charge < -0.3 is 30.5 Å². The molecule has 108 valence electrons. The molecule has 5 N–H and O–H groups in total. The Morgan fingerprint density at radius 1 is 1.16 bits per heavy atom. The van der Waals surface area contributed by atoms with Crippen molar-refractivity contribution in [3.63, 3.8) is 0 Å². The number of hydrogen-bond donors (Lipinski definition) is 5. The van der Waals surface area contributed by atoms with Crippen LogP contribution in [-0.4, -0.2) is 52.4 Å². The van der Waals surface area contributed by atoms with Crippen LogP contribution in [0.15, 0.2) is 18.2 Å². The lowest BCUT2D eigenvalue weighted by Gasteiger charge is -2.28. The molecular formula is C13H21NO5. The smallest absolute Gasteiger partial charge is 0.161 e. The van der Waals surface area contributed by atoms with Crippen molar-refractivity contribution < 1.29 is 25.2 Å². The SMILES string of the molecule is CCOc1cc(CNC(CO)(CO)CO)ccc1O. The quantitative estimate of drug-likeness (QED) is 0.441. The number of ether oxygens (including phenoxy) is 1. The van der Waals surface area contributed by atoms with Gasteiger partial charge in [0.25, 0.3) is 0 Å². The van der Waals surface area contributed by atoms with Crippen LogP contribution < -0.4 is 10.1 Å². The molecule has 0 heterocycles. The molecule has 1 aromatic carbocycles. The fraction of sp³-hybridized carbons (Fsp3) is 0.538. The van der Waals surface area contributed by atoms with Gasteiger partial charge in [0, 0.05) is 6.54 Å². The summed E-state index contributed by atoms with van der Waals surface area (Å²) >= 11 is 0. The average Bonchev–Trinajstić information content (AvgIpc) is 2.44. The van der Waals surface area contributed by atoms with Gasteiger partial charge in [0.15, 0.2) is 11.5 Å². The minimum atomic E-state index is -1.12. The molecule has 6 heteroatoms. The Labute approximate surface area is 112 Å². The molecule has 6 nitrogen and oxygen atoms in total. The van der Waals surface area contributed by atoms with Crippen molar-refractivity contribution >= 4 is 0 Å². The molecule has 0 saturated heterocycles. The van der Waals surface area contributed by atoms with E-state index in [-0.39, 0.29) is 25.6 Å². The van der Waals surface area contributed by atoms with Gasteiger partial charge in [-0.2, -0.15) is 0 Å². The standard InChI is InChI=1S/C13H21NO5/c1-2-19-12-5-10(3-4-11(12)18)6-14-13(7-15,8-16)9-17/h3-5,14-18H,2,6-9H2,1H3. The lowest BCUT2D eigenvalue weighted by molar-refractivity contribution is 0.0413. The van der Waals surface area contributed by atoms with Gasteiger partial charge in [-0.3, -0.25) is 0 Å². The van der Waals surface area contributed by atoms with Gasteiger partial charge in [0.1, 0.15) is 0 Å². The number of hydrogen-bond acceptors (Lipinski definition) is 6. The first-order valence-corrected chi connectivity index (χ1v) is 6.13. The maximum atomic E-state index is 9.57. The van der Waals surface area contributed by atoms with E-state index < -0.39 is 5.54 Å². The minimum absolute atomic E-state index is 0.0586. The number of aliphatic hydroxyl groups excluding tert-OH is 3. The third kappa shape index (κ3) is 4.07. The molecule has 19 heavy (non-hydrogen) atoms. The van der Waals surface area contributed by atoms with Crippen molar-refractivity contribution in [3.05, 3.63) is 23.8 Å². The van der Waals surface area contributed by atoms with E-state index in [2.05, 4.69) is 5.32 Å². The largest absolute Gasteiger partial charge is 0.504 e. The number of aromatic hydroxyl groups is 1. The van der Waals surface area contributed by atoms with Crippen LogP contribution >= 0.6 is 0 Å². The second-order valence-corrected chi connectivity index (χ2v) is 4.34. The van der Waals surface area contributed by atoms with Crippen molar-refractivity contribution in [1.82, 2.24) is 5.32 Å². The van der Waals surface area contributed by atoms with E-state index in [9.17, 15) is 20.4 Å². The zero-order chi connectivity index (χ0) is 14.3. The Morgan fingerprint density at radius 2 is 1.79 bits per heavy atom. The lowest BCUT2D eigenvalue weighted by atomic mass is 10.0. The maximum Gasteiger partial charge on any atom is 0.161 e. The number of phenolic OH excluding ortho intramolecular Hbond substituents is 1. The van der Waals surface area contributed by atoms with Crippen LogP contribution in [0.3, 0.4) is 0 Å². The Morgan fingerprint density at radius 3 is 2.32 bits per heavy atom. The van der Waals surface area contributed by atoms with Gasteiger partial charge in [-0.1, -0.05) is 6.07 Å². The molecule has 0 fully saturated rings. The molecule has 1 aromatic rings. The first-order valence-electron chi connectivity index (χ1n) is 6.13. The predicted octanol–water partition coefficient (Wildman–Crippen LogP) is -0.404. The van der Waals surface area contributed by atoms with E-state index in [1.807, 2.05) is 6.92 Å². The van der Waals surface area contributed by atoms with E-state index in [4.69, 9.17) is 4.74 Å². The third-order valence-electron chi connectivity index (χ3n) is 2.90. The van der Waals surface area contributed by atoms with Gasteiger partial charge in [-0.25, -0.2) is 0 Å². The van der Waals surface area contributed by atoms with Gasteiger partial charge in [-0.05, 0) is 24.6 Å². The van der Waals surface area contributed by atoms with Gasteiger partial charge in [0.2, 0.25) is 0 Å². The highest BCUT2D eigenvalue weighted by Gasteiger charge is 2.27. The summed E-state index contributed by atoms with van der Waals surface area (Å²) in [6.07, 6.45) is 0. The molecular weight excluding hydrogens is 250 g/mol. The van der Waals surface area contributed by atoms with Gasteiger partial charge in [-0.15, -0.1) is 0 Å². The summed E-state index contributed by atoms with van der Waals surface area (Å²) < 4.78 is 5.26. The normalized spacial score (nSPS) is 11.6. The Hall–Kier alpha value is -1.34. The van der Waals surface area contributed by atoms with Crippen LogP contribution in [0.25, 0.3) is 0 Å². The zero-order valence-electron chi connectivity index (χ0n) is 11.0. The van der Waals surface area contributed by atoms with E-state index in [1.54, 1.807) is 12.1 Å². The Balaban J connectivity index is 2.74. The second kappa shape index (κ2) is 7.30. The van der Waals surface area contributed by atoms with E-state index in [0.29, 0.717) is 18.9 Å². The molecule has 0 radical (unpaired) electrons. The summed E-state index contributed by atoms with van der Waals surface area (Å²) in [5.41, 5.74) is -0.315. The molecule has 0 amide bonds. The van der Waals surface area contributed by atoms with Gasteiger partial charge >= 0.3 is 0 Å². The fourth-order valence-corrected chi connectivity index (χ4v) is 1.55. The topological polar surface area (TPSA) is 102 Å². The highest BCUT2D eigenvalue weighted by Crippen LogP contribution is 2.26. The molecule has 0 atom stereocenters. The van der Waals surface area contributed by atoms with Crippen LogP contribution in [0.5, 0.6) is 11.5 Å². The second-order valence-electron chi connectivity index (χ2n) is 4.34. The zero-order valence-corrected chi connectivity index (χ0v) is 11.0. The summed E-state index contributed by atoms with van der Waals surface area (Å²) in [7, 11) is 0. The summed E-state index contributed by atoms with van der Waals surface area (Å²) in [6.45, 7) is 1.45. The van der Waals surface area contributed by atoms with E-state index >= 15 is 0 Å². The van der Waals surface area contributed by atoms with Crippen LogP contribution in [0.1, 0.15) is 12.5 Å². The third-order valence-corrected chi connectivity index (χ3v) is 2.90. The number of nitrogens with one attached hydrogen (secondary N) is 1. The number of phenols is 1. The summed E-state index contributed by atoms with van der Waals surface area (Å²) in [5, 5.41) is 40.0. The Bertz CT molecular complexity index is 384. The molecule has 0 saturated carbocycles. The number of rotatable bonds is 8. The highest BCUT2D eigenvalue weighted by atomic mass is 16.5. The molecule has 0 aliphatic carbocycles. The lowest BCUT2D eigenvalue weighted by Crippen LogP contribution is -2.54. The average molecular weight is 271 g/mol. The number of aliphatic hydroxyl groups is 3. The first-order chi connectivity index (χ1) is 9.10. The summed E-state index contributed by atoms with van der Waals surface area (Å²) in [4.78, 5) is 0. The number of benzene rings is 1. The highest BCUT2D eigenvalue weighted by molar-refractivity contribution is 5.41. The van der Waals surface area contributed by atoms with Gasteiger partial charge in [0.05, 0.1) is 32.0 Å². The van der Waals surface area contributed by atoms with Crippen molar-refractivity contribution in [3.8, 4) is 11.5 Å². The molecule has 0 aliphatic rings. The van der Waals surface area contributed by atoms with Crippen molar-refractivity contribution in [1.29, 1.82) is 0 Å². The molecule has 0 aromatic heterocycles. The van der Waals surface area contributed by atoms with Crippen molar-refractivity contribution in [2.45, 2.75) is 19.0 Å². The predicted molar refractivity (Wildman–Crippen MR) is 70.1 cm³/mol. The maximum absolute atomic E-state index is 9.57. The Kier molecular flexibility index (Phi) is 6.04. The van der Waals surface area contributed by atoms with Crippen LogP contribution in [0.2, 0.25) is 0 Å². The molecule has 1 rings (SSSR count). The van der Waals surface area contributed by atoms with Crippen LogP contribution in [0, 0.1) is 0 Å². The fourth-order valence-electron chi connectivity index (χ4n) is 1.55. The molecule has 0 spiro atoms. The monoisotopic (exact) mass is 271 g/mol. The van der Waals surface area contributed by atoms with Crippen LogP contribution in [-0.2, 0) is 6.54 Å². The van der Waals surface area contributed by atoms with Crippen LogP contribution in [0.4, 0.5) is 0 Å². The van der Waals surface area contributed by atoms with E-state index in [0.717, 1.165) is 5.56 Å².